The van der Waals surface area contributed by atoms with Crippen LogP contribution in [-0.4, -0.2) is 24.1 Å². The van der Waals surface area contributed by atoms with Gasteiger partial charge in [-0.2, -0.15) is 0 Å². The Balaban J connectivity index is 1.47. The van der Waals surface area contributed by atoms with Crippen molar-refractivity contribution in [1.82, 2.24) is 4.98 Å². The quantitative estimate of drug-likeness (QED) is 0.440. The number of nitrogens with one attached hydrogen (secondary N) is 2. The molecule has 0 unspecified atom stereocenters. The van der Waals surface area contributed by atoms with E-state index in [9.17, 15) is 18.4 Å². The van der Waals surface area contributed by atoms with Gasteiger partial charge in [0.1, 0.15) is 27.7 Å². The molecule has 4 rings (SSSR count). The maximum Gasteiger partial charge on any atom is 0.323 e. The van der Waals surface area contributed by atoms with E-state index in [4.69, 9.17) is 4.74 Å². The normalized spacial score (nSPS) is 15.0. The van der Waals surface area contributed by atoms with E-state index in [1.165, 1.54) is 24.5 Å². The molecule has 1 aliphatic carbocycles. The molecule has 172 valence electrons. The van der Waals surface area contributed by atoms with Crippen LogP contribution in [-0.2, 0) is 14.9 Å². The number of thiazole rings is 1. The van der Waals surface area contributed by atoms with Gasteiger partial charge >= 0.3 is 12.0 Å². The minimum Gasteiger partial charge on any atom is -0.468 e. The topological polar surface area (TPSA) is 80.3 Å². The van der Waals surface area contributed by atoms with Crippen LogP contribution in [0.2, 0.25) is 0 Å². The van der Waals surface area contributed by atoms with Crippen molar-refractivity contribution in [3.05, 3.63) is 65.3 Å². The molecular weight excluding hydrogens is 448 g/mol. The molecule has 0 spiro atoms. The highest BCUT2D eigenvalue weighted by molar-refractivity contribution is 7.15. The summed E-state index contributed by atoms with van der Waals surface area (Å²) in [5, 5.41) is 5.50. The third kappa shape index (κ3) is 4.73. The van der Waals surface area contributed by atoms with Gasteiger partial charge < -0.3 is 15.4 Å². The molecule has 2 amide bonds. The van der Waals surface area contributed by atoms with Crippen LogP contribution >= 0.6 is 11.3 Å². The lowest BCUT2D eigenvalue weighted by atomic mass is 9.74. The summed E-state index contributed by atoms with van der Waals surface area (Å²) >= 11 is 1.46. The number of ether oxygens (including phenoxy) is 1. The maximum absolute atomic E-state index is 13.7. The Morgan fingerprint density at radius 2 is 1.67 bits per heavy atom. The Bertz CT molecular complexity index is 1140. The van der Waals surface area contributed by atoms with Crippen LogP contribution < -0.4 is 10.6 Å². The molecule has 0 atom stereocenters. The number of carbonyl (C=O) groups is 2. The average molecular weight is 472 g/mol. The van der Waals surface area contributed by atoms with Crippen molar-refractivity contribution in [2.45, 2.75) is 37.5 Å². The van der Waals surface area contributed by atoms with Crippen LogP contribution in [0.25, 0.3) is 10.4 Å². The first-order valence-electron chi connectivity index (χ1n) is 10.6. The highest BCUT2D eigenvalue weighted by Gasteiger charge is 2.44. The molecule has 0 radical (unpaired) electrons. The molecule has 1 aliphatic rings. The SMILES string of the molecule is COC(=O)C1(c2ncc(-c3ccc(NC(=O)Nc4c(F)cccc4F)cc3)s2)CCCCC1. The first kappa shape index (κ1) is 22.8. The first-order valence-corrected chi connectivity index (χ1v) is 11.4. The molecule has 0 saturated heterocycles. The Labute approximate surface area is 194 Å². The maximum atomic E-state index is 13.7. The van der Waals surface area contributed by atoms with Crippen molar-refractivity contribution in [2.24, 2.45) is 0 Å². The fourth-order valence-corrected chi connectivity index (χ4v) is 5.25. The number of rotatable bonds is 5. The minimum atomic E-state index is -0.857. The summed E-state index contributed by atoms with van der Waals surface area (Å²) < 4.78 is 32.5. The molecule has 1 aromatic heterocycles. The molecule has 3 aromatic rings. The number of para-hydroxylation sites is 1. The van der Waals surface area contributed by atoms with E-state index in [0.29, 0.717) is 5.69 Å². The zero-order chi connectivity index (χ0) is 23.4. The number of nitrogens with zero attached hydrogens (tertiary/aromatic N) is 1. The van der Waals surface area contributed by atoms with Gasteiger partial charge in [-0.25, -0.2) is 18.6 Å². The number of aromatic nitrogens is 1. The molecule has 9 heteroatoms. The van der Waals surface area contributed by atoms with E-state index in [1.54, 1.807) is 18.3 Å². The number of methoxy groups -OCH3 is 1. The zero-order valence-corrected chi connectivity index (χ0v) is 18.8. The molecule has 1 heterocycles. The van der Waals surface area contributed by atoms with Crippen molar-refractivity contribution >= 4 is 34.7 Å². The lowest BCUT2D eigenvalue weighted by Crippen LogP contribution is -2.38. The van der Waals surface area contributed by atoms with Gasteiger partial charge in [0.05, 0.1) is 12.0 Å². The number of benzene rings is 2. The number of urea groups is 1. The molecule has 0 aliphatic heterocycles. The number of hydrogen-bond donors (Lipinski definition) is 2. The highest BCUT2D eigenvalue weighted by atomic mass is 32.1. The predicted octanol–water partition coefficient (Wildman–Crippen LogP) is 6.11. The number of hydrogen-bond acceptors (Lipinski definition) is 5. The van der Waals surface area contributed by atoms with Crippen LogP contribution in [0, 0.1) is 11.6 Å². The van der Waals surface area contributed by atoms with Crippen molar-refractivity contribution in [1.29, 1.82) is 0 Å². The number of anilines is 2. The lowest BCUT2D eigenvalue weighted by molar-refractivity contribution is -0.149. The monoisotopic (exact) mass is 471 g/mol. The lowest BCUT2D eigenvalue weighted by Gasteiger charge is -2.32. The third-order valence-electron chi connectivity index (χ3n) is 5.83. The second-order valence-electron chi connectivity index (χ2n) is 7.92. The van der Waals surface area contributed by atoms with Gasteiger partial charge in [-0.05, 0) is 42.7 Å². The summed E-state index contributed by atoms with van der Waals surface area (Å²) in [5.74, 6) is -1.95. The number of esters is 1. The van der Waals surface area contributed by atoms with Gasteiger partial charge in [-0.15, -0.1) is 11.3 Å². The molecule has 6 nitrogen and oxygen atoms in total. The van der Waals surface area contributed by atoms with Crippen LogP contribution in [0.4, 0.5) is 25.0 Å². The number of amides is 2. The fraction of sp³-hybridized carbons (Fsp3) is 0.292. The molecule has 2 N–H and O–H groups in total. The average Bonchev–Trinajstić information content (AvgIpc) is 3.33. The summed E-state index contributed by atoms with van der Waals surface area (Å²) in [6.07, 6.45) is 6.23. The first-order chi connectivity index (χ1) is 15.9. The summed E-state index contributed by atoms with van der Waals surface area (Å²) in [6.45, 7) is 0. The van der Waals surface area contributed by atoms with E-state index >= 15 is 0 Å². The zero-order valence-electron chi connectivity index (χ0n) is 18.0. The molecular formula is C24H23F2N3O3S. The van der Waals surface area contributed by atoms with Gasteiger partial charge in [0.25, 0.3) is 0 Å². The van der Waals surface area contributed by atoms with E-state index in [0.717, 1.165) is 59.7 Å². The van der Waals surface area contributed by atoms with Gasteiger partial charge in [0, 0.05) is 11.9 Å². The molecule has 0 bridgehead atoms. The second kappa shape index (κ2) is 9.66. The third-order valence-corrected chi connectivity index (χ3v) is 7.08. The molecule has 1 saturated carbocycles. The van der Waals surface area contributed by atoms with Gasteiger partial charge in [0.2, 0.25) is 0 Å². The molecule has 33 heavy (non-hydrogen) atoms. The van der Waals surface area contributed by atoms with E-state index in [2.05, 4.69) is 15.6 Å². The smallest absolute Gasteiger partial charge is 0.323 e. The van der Waals surface area contributed by atoms with E-state index in [1.807, 2.05) is 12.1 Å². The summed E-state index contributed by atoms with van der Waals surface area (Å²) in [4.78, 5) is 30.2. The van der Waals surface area contributed by atoms with Crippen molar-refractivity contribution < 1.29 is 23.1 Å². The van der Waals surface area contributed by atoms with Gasteiger partial charge in [-0.1, -0.05) is 37.5 Å². The number of halogens is 2. The number of carbonyl (C=O) groups excluding carboxylic acids is 2. The summed E-state index contributed by atoms with van der Waals surface area (Å²) in [6, 6.07) is 9.57. The van der Waals surface area contributed by atoms with Crippen LogP contribution in [0.3, 0.4) is 0 Å². The van der Waals surface area contributed by atoms with E-state index in [-0.39, 0.29) is 5.97 Å². The Hall–Kier alpha value is -3.33. The summed E-state index contributed by atoms with van der Waals surface area (Å²) in [7, 11) is 1.41. The van der Waals surface area contributed by atoms with Crippen molar-refractivity contribution in [3.8, 4) is 10.4 Å². The Morgan fingerprint density at radius 3 is 2.30 bits per heavy atom. The van der Waals surface area contributed by atoms with Crippen LogP contribution in [0.15, 0.2) is 48.7 Å². The van der Waals surface area contributed by atoms with Crippen molar-refractivity contribution in [2.75, 3.05) is 17.7 Å². The molecule has 1 fully saturated rings. The van der Waals surface area contributed by atoms with Gasteiger partial charge in [-0.3, -0.25) is 4.79 Å². The van der Waals surface area contributed by atoms with Crippen LogP contribution in [0.5, 0.6) is 0 Å². The molecule has 2 aromatic carbocycles. The fourth-order valence-electron chi connectivity index (χ4n) is 4.10. The second-order valence-corrected chi connectivity index (χ2v) is 8.95. The van der Waals surface area contributed by atoms with Gasteiger partial charge in [0.15, 0.2) is 0 Å². The van der Waals surface area contributed by atoms with E-state index < -0.39 is 28.8 Å². The minimum absolute atomic E-state index is 0.236. The Kier molecular flexibility index (Phi) is 6.69. The highest BCUT2D eigenvalue weighted by Crippen LogP contribution is 2.43. The largest absolute Gasteiger partial charge is 0.468 e. The predicted molar refractivity (Wildman–Crippen MR) is 123 cm³/mol. The Morgan fingerprint density at radius 1 is 1.00 bits per heavy atom. The van der Waals surface area contributed by atoms with Crippen molar-refractivity contribution in [3.63, 3.8) is 0 Å². The van der Waals surface area contributed by atoms with Crippen LogP contribution in [0.1, 0.15) is 37.1 Å². The summed E-state index contributed by atoms with van der Waals surface area (Å²) in [5.41, 5.74) is 0.139. The standard InChI is InChI=1S/C24H23F2N3O3S/c1-32-22(30)24(12-3-2-4-13-24)21-27-14-19(33-21)15-8-10-16(11-9-15)28-23(31)29-20-17(25)6-5-7-18(20)26/h5-11,14H,2-4,12-13H2,1H3,(H2,28,29,31).